The molecule has 100 valence electrons. The lowest BCUT2D eigenvalue weighted by Crippen LogP contribution is -2.03. The van der Waals surface area contributed by atoms with E-state index in [0.29, 0.717) is 0 Å². The smallest absolute Gasteiger partial charge is 0.129 e. The third kappa shape index (κ3) is 4.05. The summed E-state index contributed by atoms with van der Waals surface area (Å²) in [6.07, 6.45) is 4.82. The summed E-state index contributed by atoms with van der Waals surface area (Å²) in [6, 6.07) is 10.7. The van der Waals surface area contributed by atoms with E-state index in [2.05, 4.69) is 53.4 Å². The molecule has 0 spiro atoms. The van der Waals surface area contributed by atoms with E-state index in [-0.39, 0.29) is 0 Å². The van der Waals surface area contributed by atoms with Crippen molar-refractivity contribution in [1.29, 1.82) is 0 Å². The molecule has 0 atom stereocenters. The predicted octanol–water partition coefficient (Wildman–Crippen LogP) is 3.60. The van der Waals surface area contributed by atoms with Crippen LogP contribution in [0.5, 0.6) is 0 Å². The Morgan fingerprint density at radius 2 is 1.74 bits per heavy atom. The lowest BCUT2D eigenvalue weighted by atomic mass is 10.1. The topological polar surface area (TPSA) is 37.8 Å². The lowest BCUT2D eigenvalue weighted by Gasteiger charge is -2.07. The van der Waals surface area contributed by atoms with Gasteiger partial charge >= 0.3 is 0 Å². The Morgan fingerprint density at radius 1 is 1.00 bits per heavy atom. The number of benzene rings is 1. The monoisotopic (exact) mass is 255 g/mol. The van der Waals surface area contributed by atoms with E-state index in [4.69, 9.17) is 0 Å². The number of hydrogen-bond donors (Lipinski definition) is 1. The summed E-state index contributed by atoms with van der Waals surface area (Å²) < 4.78 is 0. The zero-order valence-electron chi connectivity index (χ0n) is 11.7. The average Bonchev–Trinajstić information content (AvgIpc) is 2.46. The first kappa shape index (κ1) is 13.5. The minimum atomic E-state index is 0.798. The van der Waals surface area contributed by atoms with Crippen molar-refractivity contribution in [2.45, 2.75) is 39.7 Å². The van der Waals surface area contributed by atoms with Crippen molar-refractivity contribution in [3.63, 3.8) is 0 Å². The number of nitrogens with zero attached hydrogens (tertiary/aromatic N) is 2. The highest BCUT2D eigenvalue weighted by Gasteiger charge is 1.99. The van der Waals surface area contributed by atoms with E-state index in [0.717, 1.165) is 37.3 Å². The number of nitrogens with one attached hydrogen (secondary N) is 1. The molecule has 0 unspecified atom stereocenters. The lowest BCUT2D eigenvalue weighted by molar-refractivity contribution is 0.871. The van der Waals surface area contributed by atoms with Crippen LogP contribution in [0.15, 0.2) is 36.7 Å². The second kappa shape index (κ2) is 6.88. The van der Waals surface area contributed by atoms with Gasteiger partial charge in [0.05, 0.1) is 0 Å². The summed E-state index contributed by atoms with van der Waals surface area (Å²) in [4.78, 5) is 8.50. The normalized spacial score (nSPS) is 10.4. The third-order valence-corrected chi connectivity index (χ3v) is 3.13. The standard InChI is InChI=1S/C16H21N3/c1-3-5-15-10-16(19-12-18-15)17-11-14-8-6-13(4-2)7-9-14/h6-10,12H,3-5,11H2,1-2H3,(H,17,18,19). The Hall–Kier alpha value is -1.90. The molecular formula is C16H21N3. The van der Waals surface area contributed by atoms with Gasteiger partial charge in [0.15, 0.2) is 0 Å². The van der Waals surface area contributed by atoms with Gasteiger partial charge in [0.2, 0.25) is 0 Å². The predicted molar refractivity (Wildman–Crippen MR) is 79.2 cm³/mol. The summed E-state index contributed by atoms with van der Waals surface area (Å²) >= 11 is 0. The maximum atomic E-state index is 4.26. The molecule has 3 nitrogen and oxygen atoms in total. The van der Waals surface area contributed by atoms with Crippen LogP contribution < -0.4 is 5.32 Å². The van der Waals surface area contributed by atoms with E-state index in [1.54, 1.807) is 6.33 Å². The Morgan fingerprint density at radius 3 is 2.42 bits per heavy atom. The van der Waals surface area contributed by atoms with E-state index in [9.17, 15) is 0 Å². The second-order valence-corrected chi connectivity index (χ2v) is 4.67. The molecule has 19 heavy (non-hydrogen) atoms. The van der Waals surface area contributed by atoms with Crippen molar-refractivity contribution in [1.82, 2.24) is 9.97 Å². The van der Waals surface area contributed by atoms with Gasteiger partial charge in [-0.2, -0.15) is 0 Å². The van der Waals surface area contributed by atoms with Gasteiger partial charge in [-0.25, -0.2) is 9.97 Å². The quantitative estimate of drug-likeness (QED) is 0.857. The first-order valence-corrected chi connectivity index (χ1v) is 6.94. The Bertz CT molecular complexity index is 506. The van der Waals surface area contributed by atoms with Crippen LogP contribution in [0.1, 0.15) is 37.1 Å². The molecule has 2 aromatic rings. The summed E-state index contributed by atoms with van der Waals surface area (Å²) in [5, 5.41) is 3.35. The summed E-state index contributed by atoms with van der Waals surface area (Å²) in [6.45, 7) is 5.13. The van der Waals surface area contributed by atoms with Crippen LogP contribution in [0.3, 0.4) is 0 Å². The van der Waals surface area contributed by atoms with Crippen molar-refractivity contribution < 1.29 is 0 Å². The number of anilines is 1. The first-order chi connectivity index (χ1) is 9.31. The molecule has 1 aromatic carbocycles. The van der Waals surface area contributed by atoms with Gasteiger partial charge < -0.3 is 5.32 Å². The molecular weight excluding hydrogens is 234 g/mol. The first-order valence-electron chi connectivity index (χ1n) is 6.94. The van der Waals surface area contributed by atoms with Crippen LogP contribution in [0, 0.1) is 0 Å². The molecule has 3 heteroatoms. The van der Waals surface area contributed by atoms with Crippen LogP contribution in [0.25, 0.3) is 0 Å². The van der Waals surface area contributed by atoms with Crippen molar-refractivity contribution in [2.24, 2.45) is 0 Å². The molecule has 0 bridgehead atoms. The molecule has 1 N–H and O–H groups in total. The molecule has 0 saturated carbocycles. The van der Waals surface area contributed by atoms with Gasteiger partial charge in [-0.1, -0.05) is 44.5 Å². The van der Waals surface area contributed by atoms with E-state index < -0.39 is 0 Å². The molecule has 0 aliphatic rings. The molecule has 0 radical (unpaired) electrons. The van der Waals surface area contributed by atoms with Crippen molar-refractivity contribution in [2.75, 3.05) is 5.32 Å². The van der Waals surface area contributed by atoms with E-state index in [1.807, 2.05) is 6.07 Å². The number of hydrogen-bond acceptors (Lipinski definition) is 3. The molecule has 0 aliphatic carbocycles. The zero-order chi connectivity index (χ0) is 13.5. The van der Waals surface area contributed by atoms with Crippen LogP contribution in [-0.2, 0) is 19.4 Å². The van der Waals surface area contributed by atoms with Crippen LogP contribution in [0.2, 0.25) is 0 Å². The van der Waals surface area contributed by atoms with Gasteiger partial charge in [-0.15, -0.1) is 0 Å². The fourth-order valence-corrected chi connectivity index (χ4v) is 1.97. The van der Waals surface area contributed by atoms with Gasteiger partial charge in [0.1, 0.15) is 12.1 Å². The van der Waals surface area contributed by atoms with Crippen LogP contribution >= 0.6 is 0 Å². The summed E-state index contributed by atoms with van der Waals surface area (Å²) in [7, 11) is 0. The molecule has 0 saturated heterocycles. The molecule has 1 aromatic heterocycles. The molecule has 0 fully saturated rings. The Balaban J connectivity index is 1.95. The Kier molecular flexibility index (Phi) is 4.90. The van der Waals surface area contributed by atoms with Crippen molar-refractivity contribution >= 4 is 5.82 Å². The van der Waals surface area contributed by atoms with Gasteiger partial charge in [-0.05, 0) is 24.0 Å². The fourth-order valence-electron chi connectivity index (χ4n) is 1.97. The van der Waals surface area contributed by atoms with Crippen LogP contribution in [0.4, 0.5) is 5.82 Å². The van der Waals surface area contributed by atoms with E-state index >= 15 is 0 Å². The van der Waals surface area contributed by atoms with Gasteiger partial charge in [0, 0.05) is 18.3 Å². The molecule has 0 aliphatic heterocycles. The van der Waals surface area contributed by atoms with Gasteiger partial charge in [0.25, 0.3) is 0 Å². The van der Waals surface area contributed by atoms with Crippen molar-refractivity contribution in [3.8, 4) is 0 Å². The highest BCUT2D eigenvalue weighted by Crippen LogP contribution is 2.10. The maximum absolute atomic E-state index is 4.26. The Labute approximate surface area is 115 Å². The summed E-state index contributed by atoms with van der Waals surface area (Å²) in [5.41, 5.74) is 3.74. The largest absolute Gasteiger partial charge is 0.366 e. The minimum Gasteiger partial charge on any atom is -0.366 e. The average molecular weight is 255 g/mol. The second-order valence-electron chi connectivity index (χ2n) is 4.67. The molecule has 2 rings (SSSR count). The molecule has 0 amide bonds. The molecule has 1 heterocycles. The number of aromatic nitrogens is 2. The zero-order valence-corrected chi connectivity index (χ0v) is 11.7. The number of aryl methyl sites for hydroxylation is 2. The van der Waals surface area contributed by atoms with Crippen LogP contribution in [-0.4, -0.2) is 9.97 Å². The summed E-state index contributed by atoms with van der Waals surface area (Å²) in [5.74, 6) is 0.901. The highest BCUT2D eigenvalue weighted by molar-refractivity contribution is 5.36. The highest BCUT2D eigenvalue weighted by atomic mass is 15.0. The maximum Gasteiger partial charge on any atom is 0.129 e. The van der Waals surface area contributed by atoms with Crippen molar-refractivity contribution in [3.05, 3.63) is 53.5 Å². The fraction of sp³-hybridized carbons (Fsp3) is 0.375. The number of rotatable bonds is 6. The van der Waals surface area contributed by atoms with Gasteiger partial charge in [-0.3, -0.25) is 0 Å². The SMILES string of the molecule is CCCc1cc(NCc2ccc(CC)cc2)ncn1. The third-order valence-electron chi connectivity index (χ3n) is 3.13. The minimum absolute atomic E-state index is 0.798. The van der Waals surface area contributed by atoms with E-state index in [1.165, 1.54) is 11.1 Å².